The normalized spacial score (nSPS) is 20.0. The van der Waals surface area contributed by atoms with E-state index in [0.29, 0.717) is 15.4 Å². The highest BCUT2D eigenvalue weighted by Crippen LogP contribution is 2.33. The molecule has 0 aliphatic heterocycles. The number of hydrogen-bond donors (Lipinski definition) is 0. The lowest BCUT2D eigenvalue weighted by atomic mass is 9.81. The van der Waals surface area contributed by atoms with Crippen LogP contribution in [-0.4, -0.2) is 9.52 Å². The van der Waals surface area contributed by atoms with Crippen molar-refractivity contribution in [1.29, 1.82) is 0 Å². The molecule has 0 N–H and O–H groups in total. The third-order valence-corrected chi connectivity index (χ3v) is 7.02. The predicted molar refractivity (Wildman–Crippen MR) is 102 cm³/mol. The first kappa shape index (κ1) is 20.1. The standard InChI is InChI=1S/C22H24F4Si/c1-2-3-14-4-6-15(7-5-14)13-27-17-8-9-18(19(23)12-17)16-10-20(24)22(26)21(25)11-16/h8-12,14-15H,2-7,13H2,1H3. The molecule has 144 valence electrons. The van der Waals surface area contributed by atoms with Gasteiger partial charge in [-0.05, 0) is 35.6 Å². The van der Waals surface area contributed by atoms with Crippen LogP contribution in [0.2, 0.25) is 6.04 Å². The van der Waals surface area contributed by atoms with Gasteiger partial charge in [0.15, 0.2) is 17.5 Å². The molecule has 0 nitrogen and oxygen atoms in total. The van der Waals surface area contributed by atoms with Gasteiger partial charge in [-0.2, -0.15) is 0 Å². The first-order chi connectivity index (χ1) is 13.0. The lowest BCUT2D eigenvalue weighted by molar-refractivity contribution is 0.276. The van der Waals surface area contributed by atoms with Crippen LogP contribution in [0.4, 0.5) is 17.6 Å². The molecule has 0 atom stereocenters. The van der Waals surface area contributed by atoms with Gasteiger partial charge in [-0.1, -0.05) is 68.8 Å². The van der Waals surface area contributed by atoms with E-state index in [2.05, 4.69) is 6.92 Å². The molecule has 0 spiro atoms. The Hall–Kier alpha value is -1.62. The molecule has 0 saturated heterocycles. The molecule has 0 aromatic heterocycles. The summed E-state index contributed by atoms with van der Waals surface area (Å²) in [6.45, 7) is 2.24. The van der Waals surface area contributed by atoms with Crippen molar-refractivity contribution in [3.05, 3.63) is 53.6 Å². The van der Waals surface area contributed by atoms with Gasteiger partial charge in [0, 0.05) is 5.56 Å². The Bertz CT molecular complexity index is 759. The summed E-state index contributed by atoms with van der Waals surface area (Å²) < 4.78 is 54.4. The van der Waals surface area contributed by atoms with Gasteiger partial charge in [0.1, 0.15) is 5.82 Å². The number of benzene rings is 2. The summed E-state index contributed by atoms with van der Waals surface area (Å²) in [5.74, 6) is -3.10. The zero-order valence-corrected chi connectivity index (χ0v) is 16.5. The molecule has 0 unspecified atom stereocenters. The summed E-state index contributed by atoms with van der Waals surface area (Å²) in [5.41, 5.74) is 0.0921. The maximum absolute atomic E-state index is 14.5. The molecular formula is C22H24F4Si. The van der Waals surface area contributed by atoms with Gasteiger partial charge in [-0.3, -0.25) is 0 Å². The van der Waals surface area contributed by atoms with E-state index < -0.39 is 23.3 Å². The Morgan fingerprint density at radius 3 is 2.07 bits per heavy atom. The number of hydrogen-bond acceptors (Lipinski definition) is 0. The summed E-state index contributed by atoms with van der Waals surface area (Å²) in [5, 5.41) is 0.912. The van der Waals surface area contributed by atoms with Crippen molar-refractivity contribution in [3.8, 4) is 11.1 Å². The quantitative estimate of drug-likeness (QED) is 0.309. The minimum absolute atomic E-state index is 0.00744. The van der Waals surface area contributed by atoms with Gasteiger partial charge < -0.3 is 0 Å². The number of halogens is 4. The molecule has 0 bridgehead atoms. The first-order valence-corrected chi connectivity index (χ1v) is 10.9. The highest BCUT2D eigenvalue weighted by atomic mass is 28.2. The predicted octanol–water partition coefficient (Wildman–Crippen LogP) is 6.26. The zero-order valence-electron chi connectivity index (χ0n) is 15.5. The topological polar surface area (TPSA) is 0 Å². The Kier molecular flexibility index (Phi) is 6.74. The van der Waals surface area contributed by atoms with Crippen LogP contribution < -0.4 is 5.19 Å². The molecule has 1 aliphatic carbocycles. The molecule has 0 heterocycles. The second-order valence-corrected chi connectivity index (χ2v) is 8.84. The molecule has 2 radical (unpaired) electrons. The van der Waals surface area contributed by atoms with Crippen LogP contribution in [0.15, 0.2) is 30.3 Å². The molecule has 2 aromatic carbocycles. The van der Waals surface area contributed by atoms with Crippen molar-refractivity contribution in [3.63, 3.8) is 0 Å². The SMILES string of the molecule is CCCC1CCC(C[Si]c2ccc(-c3cc(F)c(F)c(F)c3)c(F)c2)CC1. The summed E-state index contributed by atoms with van der Waals surface area (Å²) in [7, 11) is 0.524. The third-order valence-electron chi connectivity index (χ3n) is 5.52. The fourth-order valence-electron chi connectivity index (χ4n) is 3.96. The molecule has 1 saturated carbocycles. The monoisotopic (exact) mass is 392 g/mol. The van der Waals surface area contributed by atoms with Crippen molar-refractivity contribution in [2.45, 2.75) is 51.5 Å². The van der Waals surface area contributed by atoms with E-state index in [-0.39, 0.29) is 11.1 Å². The highest BCUT2D eigenvalue weighted by Gasteiger charge is 2.21. The molecule has 5 heteroatoms. The summed E-state index contributed by atoms with van der Waals surface area (Å²) in [6.07, 6.45) is 7.70. The average Bonchev–Trinajstić information content (AvgIpc) is 2.65. The van der Waals surface area contributed by atoms with Crippen molar-refractivity contribution >= 4 is 14.7 Å². The van der Waals surface area contributed by atoms with Crippen LogP contribution in [0, 0.1) is 35.1 Å². The van der Waals surface area contributed by atoms with E-state index in [0.717, 1.165) is 29.3 Å². The van der Waals surface area contributed by atoms with Crippen LogP contribution in [0.25, 0.3) is 11.1 Å². The third kappa shape index (κ3) is 5.01. The lowest BCUT2D eigenvalue weighted by Crippen LogP contribution is -2.21. The molecule has 1 aliphatic rings. The molecule has 3 rings (SSSR count). The van der Waals surface area contributed by atoms with Crippen LogP contribution in [0.1, 0.15) is 45.4 Å². The van der Waals surface area contributed by atoms with Gasteiger partial charge in [0.05, 0.1) is 9.52 Å². The van der Waals surface area contributed by atoms with Crippen LogP contribution in [0.3, 0.4) is 0 Å². The zero-order chi connectivity index (χ0) is 19.4. The fourth-order valence-corrected chi connectivity index (χ4v) is 5.33. The maximum atomic E-state index is 14.5. The highest BCUT2D eigenvalue weighted by molar-refractivity contribution is 6.53. The smallest absolute Gasteiger partial charge is 0.194 e. The molecule has 0 amide bonds. The van der Waals surface area contributed by atoms with E-state index in [9.17, 15) is 17.6 Å². The van der Waals surface area contributed by atoms with Crippen molar-refractivity contribution in [1.82, 2.24) is 0 Å². The molecule has 1 fully saturated rings. The Labute approximate surface area is 160 Å². The van der Waals surface area contributed by atoms with E-state index >= 15 is 0 Å². The summed E-state index contributed by atoms with van der Waals surface area (Å²) >= 11 is 0. The maximum Gasteiger partial charge on any atom is 0.194 e. The van der Waals surface area contributed by atoms with E-state index in [1.54, 1.807) is 6.07 Å². The molecule has 27 heavy (non-hydrogen) atoms. The second kappa shape index (κ2) is 9.05. The lowest BCUT2D eigenvalue weighted by Gasteiger charge is -2.28. The summed E-state index contributed by atoms with van der Waals surface area (Å²) in [6, 6.07) is 7.49. The Balaban J connectivity index is 1.62. The van der Waals surface area contributed by atoms with Crippen molar-refractivity contribution in [2.75, 3.05) is 0 Å². The van der Waals surface area contributed by atoms with Gasteiger partial charge in [0.2, 0.25) is 0 Å². The summed E-state index contributed by atoms with van der Waals surface area (Å²) in [4.78, 5) is 0. The van der Waals surface area contributed by atoms with E-state index in [4.69, 9.17) is 0 Å². The van der Waals surface area contributed by atoms with E-state index in [1.165, 1.54) is 50.7 Å². The van der Waals surface area contributed by atoms with Gasteiger partial charge >= 0.3 is 0 Å². The van der Waals surface area contributed by atoms with Gasteiger partial charge in [0.25, 0.3) is 0 Å². The average molecular weight is 393 g/mol. The van der Waals surface area contributed by atoms with Crippen LogP contribution in [0.5, 0.6) is 0 Å². The second-order valence-electron chi connectivity index (χ2n) is 7.50. The minimum Gasteiger partial charge on any atom is -0.206 e. The van der Waals surface area contributed by atoms with Gasteiger partial charge in [-0.15, -0.1) is 0 Å². The van der Waals surface area contributed by atoms with E-state index in [1.807, 2.05) is 0 Å². The fraction of sp³-hybridized carbons (Fsp3) is 0.455. The van der Waals surface area contributed by atoms with Crippen LogP contribution in [-0.2, 0) is 0 Å². The molecule has 2 aromatic rings. The number of rotatable bonds is 6. The minimum atomic E-state index is -1.54. The molecular weight excluding hydrogens is 368 g/mol. The Morgan fingerprint density at radius 1 is 0.852 bits per heavy atom. The van der Waals surface area contributed by atoms with Crippen molar-refractivity contribution in [2.24, 2.45) is 11.8 Å². The Morgan fingerprint density at radius 2 is 1.48 bits per heavy atom. The first-order valence-electron chi connectivity index (χ1n) is 9.66. The van der Waals surface area contributed by atoms with Crippen molar-refractivity contribution < 1.29 is 17.6 Å². The van der Waals surface area contributed by atoms with Gasteiger partial charge in [-0.25, -0.2) is 17.6 Å². The van der Waals surface area contributed by atoms with Crippen LogP contribution >= 0.6 is 0 Å². The largest absolute Gasteiger partial charge is 0.206 e.